The third kappa shape index (κ3) is 2.64. The van der Waals surface area contributed by atoms with Gasteiger partial charge in [-0.25, -0.2) is 4.98 Å². The zero-order chi connectivity index (χ0) is 19.9. The lowest BCUT2D eigenvalue weighted by atomic mass is 10.1. The fraction of sp³-hybridized carbons (Fsp3) is 0. The van der Waals surface area contributed by atoms with Crippen molar-refractivity contribution >= 4 is 21.9 Å². The van der Waals surface area contributed by atoms with Gasteiger partial charge in [0, 0.05) is 52.9 Å². The number of H-pyrrole nitrogens is 2. The molecule has 7 heteroatoms. The van der Waals surface area contributed by atoms with Crippen LogP contribution in [0.3, 0.4) is 0 Å². The Morgan fingerprint density at radius 1 is 0.733 bits per heavy atom. The van der Waals surface area contributed by atoms with Crippen molar-refractivity contribution in [3.05, 3.63) is 79.6 Å². The van der Waals surface area contributed by atoms with Gasteiger partial charge in [-0.2, -0.15) is 5.10 Å². The Balaban J connectivity index is 1.52. The highest BCUT2D eigenvalue weighted by molar-refractivity contribution is 6.00. The van der Waals surface area contributed by atoms with Gasteiger partial charge in [-0.1, -0.05) is 6.07 Å². The number of nitrogens with one attached hydrogen (secondary N) is 2. The number of aromatic nitrogens is 7. The van der Waals surface area contributed by atoms with Crippen molar-refractivity contribution in [2.45, 2.75) is 0 Å². The maximum atomic E-state index is 4.51. The van der Waals surface area contributed by atoms with Gasteiger partial charge in [0.05, 0.1) is 28.8 Å². The molecule has 6 aromatic rings. The zero-order valence-electron chi connectivity index (χ0n) is 15.7. The standard InChI is InChI=1S/C23H15N7/c1-2-6-26-19(3-1)15-9-17-22(29-30-23(17)27-11-15)20-10-16-18(12-25-13-21(16)28-20)14-4-7-24-8-5-14/h1-13,28H,(H,27,29,30). The normalized spacial score (nSPS) is 11.3. The van der Waals surface area contributed by atoms with Crippen LogP contribution in [0.1, 0.15) is 0 Å². The largest absolute Gasteiger partial charge is 0.352 e. The van der Waals surface area contributed by atoms with Crippen molar-refractivity contribution < 1.29 is 0 Å². The van der Waals surface area contributed by atoms with Gasteiger partial charge in [0.1, 0.15) is 0 Å². The average molecular weight is 389 g/mol. The van der Waals surface area contributed by atoms with E-state index in [-0.39, 0.29) is 0 Å². The van der Waals surface area contributed by atoms with E-state index in [1.165, 1.54) is 0 Å². The highest BCUT2D eigenvalue weighted by Crippen LogP contribution is 2.33. The molecule has 0 aliphatic rings. The van der Waals surface area contributed by atoms with E-state index in [1.807, 2.05) is 42.7 Å². The van der Waals surface area contributed by atoms with Crippen LogP contribution in [0, 0.1) is 0 Å². The van der Waals surface area contributed by atoms with E-state index >= 15 is 0 Å². The van der Waals surface area contributed by atoms with Gasteiger partial charge in [-0.3, -0.25) is 20.1 Å². The summed E-state index contributed by atoms with van der Waals surface area (Å²) in [5.41, 5.74) is 7.37. The number of hydrogen-bond donors (Lipinski definition) is 2. The maximum Gasteiger partial charge on any atom is 0.181 e. The van der Waals surface area contributed by atoms with Crippen LogP contribution in [0.4, 0.5) is 0 Å². The lowest BCUT2D eigenvalue weighted by Crippen LogP contribution is -1.85. The van der Waals surface area contributed by atoms with Crippen LogP contribution in [0.15, 0.2) is 79.6 Å². The molecule has 0 atom stereocenters. The maximum absolute atomic E-state index is 4.51. The summed E-state index contributed by atoms with van der Waals surface area (Å²) in [6.45, 7) is 0. The molecular formula is C23H15N7. The first kappa shape index (κ1) is 16.6. The van der Waals surface area contributed by atoms with Crippen molar-refractivity contribution in [3.63, 3.8) is 0 Å². The van der Waals surface area contributed by atoms with Crippen LogP contribution in [0.2, 0.25) is 0 Å². The first-order valence-electron chi connectivity index (χ1n) is 9.50. The molecule has 142 valence electrons. The first-order valence-corrected chi connectivity index (χ1v) is 9.50. The molecular weight excluding hydrogens is 374 g/mol. The fourth-order valence-electron chi connectivity index (χ4n) is 3.73. The summed E-state index contributed by atoms with van der Waals surface area (Å²) >= 11 is 0. The van der Waals surface area contributed by atoms with Crippen molar-refractivity contribution in [1.82, 2.24) is 35.1 Å². The predicted octanol–water partition coefficient (Wildman–Crippen LogP) is 4.63. The summed E-state index contributed by atoms with van der Waals surface area (Å²) < 4.78 is 0. The number of fused-ring (bicyclic) bond motifs is 2. The van der Waals surface area contributed by atoms with Crippen LogP contribution in [-0.2, 0) is 0 Å². The topological polar surface area (TPSA) is 96.0 Å². The predicted molar refractivity (Wildman–Crippen MR) is 115 cm³/mol. The second kappa shape index (κ2) is 6.59. The van der Waals surface area contributed by atoms with Gasteiger partial charge in [-0.15, -0.1) is 0 Å². The van der Waals surface area contributed by atoms with Crippen LogP contribution >= 0.6 is 0 Å². The molecule has 0 amide bonds. The monoisotopic (exact) mass is 389 g/mol. The van der Waals surface area contributed by atoms with Crippen LogP contribution < -0.4 is 0 Å². The van der Waals surface area contributed by atoms with Crippen molar-refractivity contribution in [1.29, 1.82) is 0 Å². The second-order valence-corrected chi connectivity index (χ2v) is 6.98. The smallest absolute Gasteiger partial charge is 0.181 e. The summed E-state index contributed by atoms with van der Waals surface area (Å²) in [6.07, 6.45) is 10.9. The zero-order valence-corrected chi connectivity index (χ0v) is 15.7. The number of rotatable bonds is 3. The molecule has 7 nitrogen and oxygen atoms in total. The Kier molecular flexibility index (Phi) is 3.64. The second-order valence-electron chi connectivity index (χ2n) is 6.98. The highest BCUT2D eigenvalue weighted by Gasteiger charge is 2.15. The Morgan fingerprint density at radius 2 is 1.67 bits per heavy atom. The molecule has 0 unspecified atom stereocenters. The number of hydrogen-bond acceptors (Lipinski definition) is 5. The van der Waals surface area contributed by atoms with E-state index in [9.17, 15) is 0 Å². The quantitative estimate of drug-likeness (QED) is 0.460. The summed E-state index contributed by atoms with van der Waals surface area (Å²) in [4.78, 5) is 20.9. The summed E-state index contributed by atoms with van der Waals surface area (Å²) in [5, 5.41) is 9.53. The van der Waals surface area contributed by atoms with Gasteiger partial charge in [-0.05, 0) is 42.0 Å². The van der Waals surface area contributed by atoms with Crippen molar-refractivity contribution in [2.75, 3.05) is 0 Å². The SMILES string of the molecule is c1ccc(-c2cnc3n[nH]c(-c4cc5c(-c6ccncc6)cncc5[nH]4)c3c2)nc1. The van der Waals surface area contributed by atoms with Crippen LogP contribution in [-0.4, -0.2) is 35.1 Å². The number of aromatic amines is 2. The third-order valence-corrected chi connectivity index (χ3v) is 5.18. The molecule has 6 rings (SSSR count). The molecule has 0 bridgehead atoms. The van der Waals surface area contributed by atoms with Crippen LogP contribution in [0.25, 0.3) is 55.7 Å². The van der Waals surface area contributed by atoms with E-state index in [2.05, 4.69) is 47.2 Å². The first-order chi connectivity index (χ1) is 14.9. The van der Waals surface area contributed by atoms with E-state index in [0.717, 1.165) is 50.1 Å². The molecule has 6 aromatic heterocycles. The molecule has 0 radical (unpaired) electrons. The molecule has 0 spiro atoms. The minimum Gasteiger partial charge on any atom is -0.352 e. The minimum atomic E-state index is 0.663. The molecule has 0 saturated carbocycles. The highest BCUT2D eigenvalue weighted by atomic mass is 15.2. The number of nitrogens with zero attached hydrogens (tertiary/aromatic N) is 5. The molecule has 6 heterocycles. The lowest BCUT2D eigenvalue weighted by molar-refractivity contribution is 1.10. The van der Waals surface area contributed by atoms with E-state index in [1.54, 1.807) is 24.8 Å². The van der Waals surface area contributed by atoms with Gasteiger partial charge in [0.15, 0.2) is 5.65 Å². The molecule has 30 heavy (non-hydrogen) atoms. The van der Waals surface area contributed by atoms with Crippen molar-refractivity contribution in [3.8, 4) is 33.8 Å². The van der Waals surface area contributed by atoms with Crippen LogP contribution in [0.5, 0.6) is 0 Å². The summed E-state index contributed by atoms with van der Waals surface area (Å²) in [7, 11) is 0. The van der Waals surface area contributed by atoms with Gasteiger partial charge < -0.3 is 4.98 Å². The molecule has 0 aliphatic carbocycles. The minimum absolute atomic E-state index is 0.663. The fourth-order valence-corrected chi connectivity index (χ4v) is 3.73. The molecule has 0 saturated heterocycles. The van der Waals surface area contributed by atoms with Gasteiger partial charge in [0.2, 0.25) is 0 Å². The third-order valence-electron chi connectivity index (χ3n) is 5.18. The molecule has 0 fully saturated rings. The van der Waals surface area contributed by atoms with E-state index in [4.69, 9.17) is 0 Å². The Bertz CT molecular complexity index is 1480. The van der Waals surface area contributed by atoms with Gasteiger partial charge >= 0.3 is 0 Å². The van der Waals surface area contributed by atoms with Gasteiger partial charge in [0.25, 0.3) is 0 Å². The Morgan fingerprint density at radius 3 is 2.53 bits per heavy atom. The average Bonchev–Trinajstić information content (AvgIpc) is 3.43. The van der Waals surface area contributed by atoms with E-state index in [0.29, 0.717) is 5.65 Å². The van der Waals surface area contributed by atoms with E-state index < -0.39 is 0 Å². The number of pyridine rings is 4. The summed E-state index contributed by atoms with van der Waals surface area (Å²) in [5.74, 6) is 0. The molecule has 2 N–H and O–H groups in total. The van der Waals surface area contributed by atoms with Crippen molar-refractivity contribution in [2.24, 2.45) is 0 Å². The lowest BCUT2D eigenvalue weighted by Gasteiger charge is -2.01. The Hall–Kier alpha value is -4.39. The molecule has 0 aliphatic heterocycles. The summed E-state index contributed by atoms with van der Waals surface area (Å²) in [6, 6.07) is 14.0. The molecule has 0 aromatic carbocycles. The Labute approximate surface area is 170 Å².